The van der Waals surface area contributed by atoms with Crippen LogP contribution in [0.15, 0.2) is 59.5 Å². The van der Waals surface area contributed by atoms with Gasteiger partial charge in [0.1, 0.15) is 11.6 Å². The van der Waals surface area contributed by atoms with E-state index >= 15 is 0 Å². The number of nitrogens with one attached hydrogen (secondary N) is 3. The van der Waals surface area contributed by atoms with Gasteiger partial charge in [0.25, 0.3) is 0 Å². The summed E-state index contributed by atoms with van der Waals surface area (Å²) in [5, 5.41) is 5.36. The van der Waals surface area contributed by atoms with Gasteiger partial charge in [-0.25, -0.2) is 17.9 Å². The van der Waals surface area contributed by atoms with Gasteiger partial charge in [0, 0.05) is 17.6 Å². The highest BCUT2D eigenvalue weighted by molar-refractivity contribution is 7.89. The minimum absolute atomic E-state index is 0.0862. The van der Waals surface area contributed by atoms with Crippen LogP contribution >= 0.6 is 0 Å². The van der Waals surface area contributed by atoms with E-state index in [4.69, 9.17) is 4.74 Å². The van der Waals surface area contributed by atoms with E-state index in [2.05, 4.69) is 15.4 Å². The number of rotatable bonds is 7. The van der Waals surface area contributed by atoms with Crippen LogP contribution in [0.25, 0.3) is 0 Å². The Balaban J connectivity index is 2.16. The lowest BCUT2D eigenvalue weighted by molar-refractivity contribution is -0.118. The summed E-state index contributed by atoms with van der Waals surface area (Å²) >= 11 is 0. The molecule has 0 aliphatic carbocycles. The third kappa shape index (κ3) is 9.23. The van der Waals surface area contributed by atoms with Crippen molar-refractivity contribution in [2.24, 2.45) is 0 Å². The Hall–Kier alpha value is -2.91. The highest BCUT2D eigenvalue weighted by Crippen LogP contribution is 2.17. The van der Waals surface area contributed by atoms with Crippen LogP contribution in [-0.2, 0) is 26.0 Å². The number of alkyl carbamates (subject to hydrolysis) is 1. The molecule has 0 spiro atoms. The molecular weight excluding hydrogens is 442 g/mol. The van der Waals surface area contributed by atoms with Gasteiger partial charge in [-0.05, 0) is 71.4 Å². The van der Waals surface area contributed by atoms with Crippen molar-refractivity contribution >= 4 is 27.7 Å². The molecule has 3 N–H and O–H groups in total. The number of anilines is 1. The Morgan fingerprint density at radius 2 is 1.48 bits per heavy atom. The summed E-state index contributed by atoms with van der Waals surface area (Å²) in [6.45, 7) is 10.5. The number of carbonyl (C=O) groups is 2. The standard InChI is InChI=1S/C24H33N3O5S/c1-23(2,3)27-33(30,31)19-14-12-18(13-15-19)25-21(28)20(16-17-10-8-7-9-11-17)26-22(29)32-24(4,5)6/h7-15,20,27H,16H2,1-6H3,(H,25,28)(H,26,29). The van der Waals surface area contributed by atoms with Crippen molar-refractivity contribution in [3.8, 4) is 0 Å². The van der Waals surface area contributed by atoms with E-state index in [0.29, 0.717) is 5.69 Å². The van der Waals surface area contributed by atoms with Crippen LogP contribution in [0.2, 0.25) is 0 Å². The highest BCUT2D eigenvalue weighted by atomic mass is 32.2. The number of benzene rings is 2. The quantitative estimate of drug-likeness (QED) is 0.563. The molecule has 2 aromatic carbocycles. The van der Waals surface area contributed by atoms with Crippen molar-refractivity contribution in [2.75, 3.05) is 5.32 Å². The van der Waals surface area contributed by atoms with Crippen LogP contribution in [-0.4, -0.2) is 37.6 Å². The topological polar surface area (TPSA) is 114 Å². The average Bonchev–Trinajstić information content (AvgIpc) is 2.65. The number of sulfonamides is 1. The molecule has 8 nitrogen and oxygen atoms in total. The van der Waals surface area contributed by atoms with Gasteiger partial charge in [-0.3, -0.25) is 4.79 Å². The molecule has 0 saturated carbocycles. The summed E-state index contributed by atoms with van der Waals surface area (Å²) in [6, 6.07) is 14.2. The molecule has 33 heavy (non-hydrogen) atoms. The van der Waals surface area contributed by atoms with Gasteiger partial charge in [-0.15, -0.1) is 0 Å². The molecule has 180 valence electrons. The molecule has 0 aliphatic rings. The van der Waals surface area contributed by atoms with E-state index in [1.54, 1.807) is 41.5 Å². The van der Waals surface area contributed by atoms with Crippen LogP contribution in [0.5, 0.6) is 0 Å². The maximum atomic E-state index is 13.0. The first-order valence-corrected chi connectivity index (χ1v) is 12.1. The predicted octanol–water partition coefficient (Wildman–Crippen LogP) is 3.84. The summed E-state index contributed by atoms with van der Waals surface area (Å²) in [5.74, 6) is -0.451. The third-order valence-electron chi connectivity index (χ3n) is 4.16. The van der Waals surface area contributed by atoms with Crippen molar-refractivity contribution in [3.63, 3.8) is 0 Å². The van der Waals surface area contributed by atoms with Gasteiger partial charge < -0.3 is 15.4 Å². The maximum absolute atomic E-state index is 13.0. The van der Waals surface area contributed by atoms with Crippen LogP contribution in [0.3, 0.4) is 0 Å². The molecule has 1 atom stereocenters. The Bertz CT molecular complexity index is 1050. The normalized spacial score (nSPS) is 13.2. The number of ether oxygens (including phenoxy) is 1. The van der Waals surface area contributed by atoms with Gasteiger partial charge in [0.15, 0.2) is 0 Å². The smallest absolute Gasteiger partial charge is 0.408 e. The van der Waals surface area contributed by atoms with E-state index in [9.17, 15) is 18.0 Å². The van der Waals surface area contributed by atoms with Gasteiger partial charge in [-0.2, -0.15) is 0 Å². The lowest BCUT2D eigenvalue weighted by Gasteiger charge is -2.23. The van der Waals surface area contributed by atoms with Gasteiger partial charge in [0.2, 0.25) is 15.9 Å². The second-order valence-corrected chi connectivity index (χ2v) is 11.4. The van der Waals surface area contributed by atoms with E-state index in [-0.39, 0.29) is 11.3 Å². The molecule has 9 heteroatoms. The monoisotopic (exact) mass is 475 g/mol. The Kier molecular flexibility index (Phi) is 8.26. The summed E-state index contributed by atoms with van der Waals surface area (Å²) in [4.78, 5) is 25.4. The highest BCUT2D eigenvalue weighted by Gasteiger charge is 2.25. The van der Waals surface area contributed by atoms with Crippen molar-refractivity contribution in [1.29, 1.82) is 0 Å². The first-order chi connectivity index (χ1) is 15.1. The molecular formula is C24H33N3O5S. The molecule has 2 rings (SSSR count). The predicted molar refractivity (Wildman–Crippen MR) is 128 cm³/mol. The molecule has 0 fully saturated rings. The van der Waals surface area contributed by atoms with Gasteiger partial charge in [0.05, 0.1) is 4.90 Å². The van der Waals surface area contributed by atoms with E-state index < -0.39 is 39.2 Å². The second-order valence-electron chi connectivity index (χ2n) is 9.76. The fourth-order valence-corrected chi connectivity index (χ4v) is 4.34. The van der Waals surface area contributed by atoms with Crippen LogP contribution in [0.1, 0.15) is 47.1 Å². The largest absolute Gasteiger partial charge is 0.444 e. The van der Waals surface area contributed by atoms with Crippen molar-refractivity contribution in [2.45, 2.75) is 70.0 Å². The number of hydrogen-bond acceptors (Lipinski definition) is 5. The zero-order valence-electron chi connectivity index (χ0n) is 19.9. The van der Waals surface area contributed by atoms with Crippen LogP contribution < -0.4 is 15.4 Å². The molecule has 0 saturated heterocycles. The molecule has 0 bridgehead atoms. The van der Waals surface area contributed by atoms with E-state index in [1.807, 2.05) is 30.3 Å². The number of amides is 2. The molecule has 0 radical (unpaired) electrons. The Morgan fingerprint density at radius 1 is 0.909 bits per heavy atom. The molecule has 2 amide bonds. The lowest BCUT2D eigenvalue weighted by atomic mass is 10.1. The number of carbonyl (C=O) groups excluding carboxylic acids is 2. The average molecular weight is 476 g/mol. The summed E-state index contributed by atoms with van der Waals surface area (Å²) in [7, 11) is -3.69. The first-order valence-electron chi connectivity index (χ1n) is 10.6. The zero-order chi connectivity index (χ0) is 24.9. The van der Waals surface area contributed by atoms with Crippen molar-refractivity contribution in [1.82, 2.24) is 10.0 Å². The van der Waals surface area contributed by atoms with Crippen LogP contribution in [0.4, 0.5) is 10.5 Å². The fourth-order valence-electron chi connectivity index (χ4n) is 2.92. The molecule has 2 aromatic rings. The van der Waals surface area contributed by atoms with Crippen LogP contribution in [0, 0.1) is 0 Å². The number of hydrogen-bond donors (Lipinski definition) is 3. The van der Waals surface area contributed by atoms with E-state index in [0.717, 1.165) is 5.56 Å². The molecule has 0 aromatic heterocycles. The lowest BCUT2D eigenvalue weighted by Crippen LogP contribution is -2.47. The van der Waals surface area contributed by atoms with Crippen molar-refractivity contribution < 1.29 is 22.7 Å². The minimum Gasteiger partial charge on any atom is -0.444 e. The Labute approximate surface area is 196 Å². The molecule has 1 unspecified atom stereocenters. The molecule has 0 aliphatic heterocycles. The van der Waals surface area contributed by atoms with Crippen molar-refractivity contribution in [3.05, 3.63) is 60.2 Å². The van der Waals surface area contributed by atoms with E-state index in [1.165, 1.54) is 24.3 Å². The summed E-state index contributed by atoms with van der Waals surface area (Å²) in [5.41, 5.74) is -0.0635. The molecule has 0 heterocycles. The summed E-state index contributed by atoms with van der Waals surface area (Å²) < 4.78 is 32.8. The van der Waals surface area contributed by atoms with Gasteiger partial charge in [-0.1, -0.05) is 30.3 Å². The zero-order valence-corrected chi connectivity index (χ0v) is 20.7. The minimum atomic E-state index is -3.69. The SMILES string of the molecule is CC(C)(C)NS(=O)(=O)c1ccc(NC(=O)C(Cc2ccccc2)NC(=O)OC(C)(C)C)cc1. The Morgan fingerprint density at radius 3 is 2.00 bits per heavy atom. The van der Waals surface area contributed by atoms with Gasteiger partial charge >= 0.3 is 6.09 Å². The maximum Gasteiger partial charge on any atom is 0.408 e. The first kappa shape index (κ1) is 26.3. The summed E-state index contributed by atoms with van der Waals surface area (Å²) in [6.07, 6.45) is -0.443. The third-order valence-corrected chi connectivity index (χ3v) is 5.94. The fraction of sp³-hybridized carbons (Fsp3) is 0.417. The second kappa shape index (κ2) is 10.4.